The molecule has 25 heavy (non-hydrogen) atoms. The molecule has 1 amide bonds. The van der Waals surface area contributed by atoms with E-state index in [0.717, 1.165) is 42.6 Å². The van der Waals surface area contributed by atoms with Gasteiger partial charge in [0.2, 0.25) is 0 Å². The van der Waals surface area contributed by atoms with E-state index in [1.165, 1.54) is 12.6 Å². The van der Waals surface area contributed by atoms with Crippen LogP contribution in [-0.2, 0) is 4.79 Å². The van der Waals surface area contributed by atoms with Crippen molar-refractivity contribution in [1.29, 1.82) is 0 Å². The molecule has 132 valence electrons. The largest absolute Gasteiger partial charge is 0.497 e. The lowest BCUT2D eigenvalue weighted by molar-refractivity contribution is -0.122. The predicted molar refractivity (Wildman–Crippen MR) is 99.3 cm³/mol. The van der Waals surface area contributed by atoms with Crippen LogP contribution in [0.5, 0.6) is 5.75 Å². The maximum Gasteiger partial charge on any atom is 0.254 e. The Balaban J connectivity index is 1.64. The molecule has 1 saturated heterocycles. The van der Waals surface area contributed by atoms with Crippen LogP contribution in [0.15, 0.2) is 29.4 Å². The molecule has 0 radical (unpaired) electrons. The third-order valence-electron chi connectivity index (χ3n) is 4.21. The normalized spacial score (nSPS) is 15.6. The van der Waals surface area contributed by atoms with Gasteiger partial charge in [-0.15, -0.1) is 0 Å². The zero-order valence-electron chi connectivity index (χ0n) is 14.2. The van der Waals surface area contributed by atoms with Gasteiger partial charge in [0.15, 0.2) is 0 Å². The van der Waals surface area contributed by atoms with Crippen molar-refractivity contribution in [1.82, 2.24) is 15.3 Å². The molecule has 1 aliphatic heterocycles. The molecule has 1 fully saturated rings. The van der Waals surface area contributed by atoms with E-state index in [0.29, 0.717) is 17.3 Å². The fourth-order valence-electron chi connectivity index (χ4n) is 2.89. The molecule has 2 aromatic rings. The van der Waals surface area contributed by atoms with Gasteiger partial charge in [0.05, 0.1) is 25.4 Å². The number of likely N-dealkylation sites (tertiary alicyclic amines) is 1. The number of ether oxygens (including phenoxy) is 1. The Morgan fingerprint density at radius 2 is 2.16 bits per heavy atom. The minimum Gasteiger partial charge on any atom is -0.497 e. The Morgan fingerprint density at radius 3 is 2.92 bits per heavy atom. The van der Waals surface area contributed by atoms with Crippen LogP contribution in [0.1, 0.15) is 24.8 Å². The number of piperidine rings is 1. The lowest BCUT2D eigenvalue weighted by atomic mass is 10.1. The van der Waals surface area contributed by atoms with Gasteiger partial charge in [0, 0.05) is 17.0 Å². The van der Waals surface area contributed by atoms with Crippen molar-refractivity contribution in [3.63, 3.8) is 0 Å². The molecule has 6 nitrogen and oxygen atoms in total. The second kappa shape index (κ2) is 8.27. The molecule has 3 rings (SSSR count). The minimum atomic E-state index is -0.118. The number of aromatic nitrogens is 1. The molecule has 0 bridgehead atoms. The summed E-state index contributed by atoms with van der Waals surface area (Å²) in [5, 5.41) is 5.26. The first kappa shape index (κ1) is 17.6. The van der Waals surface area contributed by atoms with E-state index in [9.17, 15) is 4.79 Å². The lowest BCUT2D eigenvalue weighted by Crippen LogP contribution is -2.38. The number of nitrogens with zero attached hydrogens (tertiary/aromatic N) is 3. The molecule has 1 aliphatic rings. The number of amides is 1. The summed E-state index contributed by atoms with van der Waals surface area (Å²) < 4.78 is 5.19. The Hall–Kier alpha value is -2.18. The molecule has 2 heterocycles. The summed E-state index contributed by atoms with van der Waals surface area (Å²) in [5.41, 5.74) is 3.95. The van der Waals surface area contributed by atoms with Crippen molar-refractivity contribution in [2.24, 2.45) is 5.10 Å². The third kappa shape index (κ3) is 4.67. The highest BCUT2D eigenvalue weighted by molar-refractivity contribution is 6.32. The SMILES string of the molecule is COc1ccc2cc(C=NNC(=O)CN3CCCCC3)c(Cl)nc2c1. The molecule has 1 aromatic carbocycles. The monoisotopic (exact) mass is 360 g/mol. The van der Waals surface area contributed by atoms with Crippen molar-refractivity contribution in [2.45, 2.75) is 19.3 Å². The van der Waals surface area contributed by atoms with Crippen LogP contribution in [0.2, 0.25) is 5.15 Å². The van der Waals surface area contributed by atoms with E-state index in [1.807, 2.05) is 24.3 Å². The van der Waals surface area contributed by atoms with E-state index in [2.05, 4.69) is 20.4 Å². The molecule has 0 atom stereocenters. The number of hydrogen-bond donors (Lipinski definition) is 1. The Kier molecular flexibility index (Phi) is 5.83. The van der Waals surface area contributed by atoms with Gasteiger partial charge in [0.1, 0.15) is 10.9 Å². The van der Waals surface area contributed by atoms with Crippen molar-refractivity contribution in [2.75, 3.05) is 26.7 Å². The molecular weight excluding hydrogens is 340 g/mol. The number of fused-ring (bicyclic) bond motifs is 1. The van der Waals surface area contributed by atoms with Crippen LogP contribution >= 0.6 is 11.6 Å². The molecule has 1 aromatic heterocycles. The average Bonchev–Trinajstić information content (AvgIpc) is 2.62. The molecule has 0 aliphatic carbocycles. The maximum absolute atomic E-state index is 11.9. The molecule has 1 N–H and O–H groups in total. The first-order chi connectivity index (χ1) is 12.2. The van der Waals surface area contributed by atoms with Crippen molar-refractivity contribution in [3.05, 3.63) is 35.0 Å². The minimum absolute atomic E-state index is 0.118. The van der Waals surface area contributed by atoms with Gasteiger partial charge >= 0.3 is 0 Å². The molecule has 0 unspecified atom stereocenters. The maximum atomic E-state index is 11.9. The highest BCUT2D eigenvalue weighted by atomic mass is 35.5. The number of hydrazone groups is 1. The molecular formula is C18H21ClN4O2. The standard InChI is InChI=1S/C18H21ClN4O2/c1-25-15-6-5-13-9-14(18(19)21-16(13)10-15)11-20-22-17(24)12-23-7-3-2-4-8-23/h5-6,9-11H,2-4,7-8,12H2,1H3,(H,22,24). The molecule has 0 spiro atoms. The smallest absolute Gasteiger partial charge is 0.254 e. The summed E-state index contributed by atoms with van der Waals surface area (Å²) in [6.45, 7) is 2.32. The number of hydrogen-bond acceptors (Lipinski definition) is 5. The van der Waals surface area contributed by atoms with Gasteiger partial charge in [-0.2, -0.15) is 5.10 Å². The van der Waals surface area contributed by atoms with Gasteiger partial charge < -0.3 is 4.74 Å². The summed E-state index contributed by atoms with van der Waals surface area (Å²) in [5.74, 6) is 0.607. The van der Waals surface area contributed by atoms with Crippen LogP contribution in [0.25, 0.3) is 10.9 Å². The predicted octanol–water partition coefficient (Wildman–Crippen LogP) is 2.83. The van der Waals surface area contributed by atoms with Crippen LogP contribution in [-0.4, -0.2) is 48.7 Å². The number of carbonyl (C=O) groups is 1. The number of methoxy groups -OCH3 is 1. The number of pyridine rings is 1. The number of rotatable bonds is 5. The Labute approximate surface area is 151 Å². The van der Waals surface area contributed by atoms with Crippen LogP contribution in [0.4, 0.5) is 0 Å². The summed E-state index contributed by atoms with van der Waals surface area (Å²) >= 11 is 6.21. The van der Waals surface area contributed by atoms with Gasteiger partial charge in [0.25, 0.3) is 5.91 Å². The summed E-state index contributed by atoms with van der Waals surface area (Å²) in [4.78, 5) is 18.4. The van der Waals surface area contributed by atoms with Crippen LogP contribution in [0.3, 0.4) is 0 Å². The number of carbonyl (C=O) groups excluding carboxylic acids is 1. The Bertz CT molecular complexity index is 788. The quantitative estimate of drug-likeness (QED) is 0.506. The van der Waals surface area contributed by atoms with E-state index < -0.39 is 0 Å². The summed E-state index contributed by atoms with van der Waals surface area (Å²) in [6, 6.07) is 7.47. The highest BCUT2D eigenvalue weighted by Gasteiger charge is 2.13. The van der Waals surface area contributed by atoms with Crippen molar-refractivity contribution in [3.8, 4) is 5.75 Å². The number of benzene rings is 1. The summed E-state index contributed by atoms with van der Waals surface area (Å²) in [6.07, 6.45) is 5.07. The first-order valence-corrected chi connectivity index (χ1v) is 8.72. The summed E-state index contributed by atoms with van der Waals surface area (Å²) in [7, 11) is 1.61. The van der Waals surface area contributed by atoms with Crippen molar-refractivity contribution < 1.29 is 9.53 Å². The number of nitrogens with one attached hydrogen (secondary N) is 1. The van der Waals surface area contributed by atoms with E-state index in [-0.39, 0.29) is 5.91 Å². The van der Waals surface area contributed by atoms with Crippen molar-refractivity contribution >= 4 is 34.6 Å². The van der Waals surface area contributed by atoms with Gasteiger partial charge in [-0.1, -0.05) is 18.0 Å². The second-order valence-corrected chi connectivity index (χ2v) is 6.42. The number of halogens is 1. The zero-order chi connectivity index (χ0) is 17.6. The highest BCUT2D eigenvalue weighted by Crippen LogP contribution is 2.23. The van der Waals surface area contributed by atoms with Crippen LogP contribution < -0.4 is 10.2 Å². The topological polar surface area (TPSA) is 66.8 Å². The molecule has 7 heteroatoms. The van der Waals surface area contributed by atoms with E-state index >= 15 is 0 Å². The van der Waals surface area contributed by atoms with Gasteiger partial charge in [-0.25, -0.2) is 10.4 Å². The van der Waals surface area contributed by atoms with E-state index in [4.69, 9.17) is 16.3 Å². The Morgan fingerprint density at radius 1 is 1.36 bits per heavy atom. The lowest BCUT2D eigenvalue weighted by Gasteiger charge is -2.25. The fourth-order valence-corrected chi connectivity index (χ4v) is 3.08. The second-order valence-electron chi connectivity index (χ2n) is 6.06. The van der Waals surface area contributed by atoms with Gasteiger partial charge in [-0.3, -0.25) is 9.69 Å². The van der Waals surface area contributed by atoms with Gasteiger partial charge in [-0.05, 0) is 44.1 Å². The zero-order valence-corrected chi connectivity index (χ0v) is 14.9. The fraction of sp³-hybridized carbons (Fsp3) is 0.389. The first-order valence-electron chi connectivity index (χ1n) is 8.34. The average molecular weight is 361 g/mol. The van der Waals surface area contributed by atoms with E-state index in [1.54, 1.807) is 7.11 Å². The molecule has 0 saturated carbocycles. The third-order valence-corrected chi connectivity index (χ3v) is 4.52. The van der Waals surface area contributed by atoms with Crippen LogP contribution in [0, 0.1) is 0 Å².